The minimum Gasteiger partial charge on any atom is -0.368 e. The van der Waals surface area contributed by atoms with E-state index in [1.54, 1.807) is 4.68 Å². The molecule has 3 aromatic rings. The molecule has 0 N–H and O–H groups in total. The molecule has 0 unspecified atom stereocenters. The fourth-order valence-electron chi connectivity index (χ4n) is 3.71. The Hall–Kier alpha value is -2.67. The molecule has 1 amide bonds. The maximum atomic E-state index is 13.1. The molecule has 1 fully saturated rings. The van der Waals surface area contributed by atoms with Gasteiger partial charge in [-0.25, -0.2) is 4.68 Å². The number of amides is 1. The number of aryl methyl sites for hydroxylation is 2. The summed E-state index contributed by atoms with van der Waals surface area (Å²) in [5.41, 5.74) is 5.85. The highest BCUT2D eigenvalue weighted by molar-refractivity contribution is 9.10. The van der Waals surface area contributed by atoms with Crippen molar-refractivity contribution in [2.75, 3.05) is 31.1 Å². The largest absolute Gasteiger partial charge is 0.368 e. The first-order valence-corrected chi connectivity index (χ1v) is 10.5. The number of hydrogen-bond acceptors (Lipinski definition) is 4. The topological polar surface area (TPSA) is 54.3 Å². The van der Waals surface area contributed by atoms with Crippen LogP contribution in [-0.4, -0.2) is 52.0 Å². The SMILES string of the molecule is Cc1ccc(C)c(N2CCN(C(=O)c3nnn(-c4ccc(Br)cc4)c3C)CC2)c1. The first-order valence-electron chi connectivity index (χ1n) is 9.74. The maximum Gasteiger partial charge on any atom is 0.276 e. The van der Waals surface area contributed by atoms with Crippen molar-refractivity contribution in [2.45, 2.75) is 20.8 Å². The molecule has 4 rings (SSSR count). The highest BCUT2D eigenvalue weighted by atomic mass is 79.9. The van der Waals surface area contributed by atoms with Crippen LogP contribution in [0.25, 0.3) is 5.69 Å². The molecule has 1 aromatic heterocycles. The van der Waals surface area contributed by atoms with Crippen LogP contribution >= 0.6 is 15.9 Å². The highest BCUT2D eigenvalue weighted by Gasteiger charge is 2.27. The van der Waals surface area contributed by atoms with E-state index < -0.39 is 0 Å². The Balaban J connectivity index is 1.48. The summed E-state index contributed by atoms with van der Waals surface area (Å²) >= 11 is 3.44. The van der Waals surface area contributed by atoms with E-state index in [9.17, 15) is 4.79 Å². The van der Waals surface area contributed by atoms with Gasteiger partial charge in [-0.3, -0.25) is 4.79 Å². The molecule has 0 atom stereocenters. The summed E-state index contributed by atoms with van der Waals surface area (Å²) in [6.45, 7) is 9.12. The molecule has 0 aliphatic carbocycles. The number of benzene rings is 2. The second-order valence-electron chi connectivity index (χ2n) is 7.48. The summed E-state index contributed by atoms with van der Waals surface area (Å²) in [5, 5.41) is 8.40. The fourth-order valence-corrected chi connectivity index (χ4v) is 3.98. The Bertz CT molecular complexity index is 1040. The minimum atomic E-state index is -0.0496. The lowest BCUT2D eigenvalue weighted by Gasteiger charge is -2.36. The second kappa shape index (κ2) is 7.99. The monoisotopic (exact) mass is 453 g/mol. The molecular weight excluding hydrogens is 430 g/mol. The van der Waals surface area contributed by atoms with Gasteiger partial charge in [0.1, 0.15) is 0 Å². The average molecular weight is 454 g/mol. The van der Waals surface area contributed by atoms with Crippen LogP contribution in [0.4, 0.5) is 5.69 Å². The van der Waals surface area contributed by atoms with Gasteiger partial charge in [0.25, 0.3) is 5.91 Å². The maximum absolute atomic E-state index is 13.1. The van der Waals surface area contributed by atoms with Crippen LogP contribution in [0.3, 0.4) is 0 Å². The molecule has 2 aromatic carbocycles. The minimum absolute atomic E-state index is 0.0496. The first kappa shape index (κ1) is 19.6. The second-order valence-corrected chi connectivity index (χ2v) is 8.40. The molecule has 29 heavy (non-hydrogen) atoms. The standard InChI is InChI=1S/C22H24BrN5O/c1-15-4-5-16(2)20(14-15)26-10-12-27(13-11-26)22(29)21-17(3)28(25-24-21)19-8-6-18(23)7-9-19/h4-9,14H,10-13H2,1-3H3. The van der Waals surface area contributed by atoms with E-state index in [1.165, 1.54) is 16.8 Å². The summed E-state index contributed by atoms with van der Waals surface area (Å²) < 4.78 is 2.71. The third kappa shape index (κ3) is 3.92. The molecular formula is C22H24BrN5O. The number of piperazine rings is 1. The predicted octanol–water partition coefficient (Wildman–Crippen LogP) is 3.92. The average Bonchev–Trinajstić information content (AvgIpc) is 3.11. The van der Waals surface area contributed by atoms with Crippen molar-refractivity contribution < 1.29 is 4.79 Å². The molecule has 7 heteroatoms. The Labute approximate surface area is 179 Å². The van der Waals surface area contributed by atoms with Gasteiger partial charge < -0.3 is 9.80 Å². The number of carbonyl (C=O) groups excluding carboxylic acids is 1. The number of nitrogens with zero attached hydrogens (tertiary/aromatic N) is 5. The summed E-state index contributed by atoms with van der Waals surface area (Å²) in [6, 6.07) is 14.3. The number of aromatic nitrogens is 3. The zero-order chi connectivity index (χ0) is 20.5. The first-order chi connectivity index (χ1) is 13.9. The number of halogens is 1. The van der Waals surface area contributed by atoms with Crippen LogP contribution < -0.4 is 4.90 Å². The molecule has 0 radical (unpaired) electrons. The van der Waals surface area contributed by atoms with Crippen molar-refractivity contribution in [3.63, 3.8) is 0 Å². The summed E-state index contributed by atoms with van der Waals surface area (Å²) in [6.07, 6.45) is 0. The van der Waals surface area contributed by atoms with E-state index in [1.807, 2.05) is 36.1 Å². The van der Waals surface area contributed by atoms with E-state index in [2.05, 4.69) is 63.2 Å². The van der Waals surface area contributed by atoms with E-state index in [4.69, 9.17) is 0 Å². The van der Waals surface area contributed by atoms with Crippen molar-refractivity contribution >= 4 is 27.5 Å². The Kier molecular flexibility index (Phi) is 5.41. The molecule has 1 aliphatic heterocycles. The van der Waals surface area contributed by atoms with E-state index in [0.717, 1.165) is 28.9 Å². The lowest BCUT2D eigenvalue weighted by atomic mass is 10.1. The van der Waals surface area contributed by atoms with Crippen molar-refractivity contribution in [2.24, 2.45) is 0 Å². The van der Waals surface area contributed by atoms with Crippen molar-refractivity contribution in [3.8, 4) is 5.69 Å². The van der Waals surface area contributed by atoms with Gasteiger partial charge in [0, 0.05) is 36.3 Å². The smallest absolute Gasteiger partial charge is 0.276 e. The molecule has 0 spiro atoms. The number of anilines is 1. The Morgan fingerprint density at radius 1 is 0.966 bits per heavy atom. The molecule has 0 bridgehead atoms. The van der Waals surface area contributed by atoms with Crippen LogP contribution in [0.2, 0.25) is 0 Å². The van der Waals surface area contributed by atoms with Crippen LogP contribution in [0, 0.1) is 20.8 Å². The van der Waals surface area contributed by atoms with Gasteiger partial charge in [0.05, 0.1) is 11.4 Å². The van der Waals surface area contributed by atoms with Gasteiger partial charge in [-0.05, 0) is 62.2 Å². The molecule has 1 saturated heterocycles. The van der Waals surface area contributed by atoms with Crippen LogP contribution in [-0.2, 0) is 0 Å². The summed E-state index contributed by atoms with van der Waals surface area (Å²) in [5.74, 6) is -0.0496. The van der Waals surface area contributed by atoms with Crippen molar-refractivity contribution in [1.82, 2.24) is 19.9 Å². The quantitative estimate of drug-likeness (QED) is 0.602. The summed E-state index contributed by atoms with van der Waals surface area (Å²) in [7, 11) is 0. The third-order valence-electron chi connectivity index (χ3n) is 5.44. The van der Waals surface area contributed by atoms with Gasteiger partial charge in [-0.1, -0.05) is 33.3 Å². The summed E-state index contributed by atoms with van der Waals surface area (Å²) in [4.78, 5) is 17.3. The van der Waals surface area contributed by atoms with Crippen molar-refractivity contribution in [1.29, 1.82) is 0 Å². The Morgan fingerprint density at radius 3 is 2.34 bits per heavy atom. The molecule has 150 valence electrons. The van der Waals surface area contributed by atoms with Crippen LogP contribution in [0.15, 0.2) is 46.9 Å². The Morgan fingerprint density at radius 2 is 1.66 bits per heavy atom. The van der Waals surface area contributed by atoms with Gasteiger partial charge in [-0.15, -0.1) is 5.10 Å². The zero-order valence-electron chi connectivity index (χ0n) is 16.9. The molecule has 2 heterocycles. The van der Waals surface area contributed by atoms with Gasteiger partial charge in [-0.2, -0.15) is 0 Å². The van der Waals surface area contributed by atoms with Gasteiger partial charge >= 0.3 is 0 Å². The lowest BCUT2D eigenvalue weighted by Crippen LogP contribution is -2.49. The highest BCUT2D eigenvalue weighted by Crippen LogP contribution is 2.23. The lowest BCUT2D eigenvalue weighted by molar-refractivity contribution is 0.0740. The normalized spacial score (nSPS) is 14.3. The number of carbonyl (C=O) groups is 1. The molecule has 0 saturated carbocycles. The van der Waals surface area contributed by atoms with Crippen molar-refractivity contribution in [3.05, 3.63) is 69.5 Å². The van der Waals surface area contributed by atoms with Crippen LogP contribution in [0.1, 0.15) is 27.3 Å². The molecule has 6 nitrogen and oxygen atoms in total. The number of rotatable bonds is 3. The fraction of sp³-hybridized carbons (Fsp3) is 0.318. The van der Waals surface area contributed by atoms with E-state index >= 15 is 0 Å². The number of hydrogen-bond donors (Lipinski definition) is 0. The van der Waals surface area contributed by atoms with Gasteiger partial charge in [0.2, 0.25) is 0 Å². The molecule has 1 aliphatic rings. The van der Waals surface area contributed by atoms with E-state index in [0.29, 0.717) is 18.8 Å². The predicted molar refractivity (Wildman–Crippen MR) is 118 cm³/mol. The van der Waals surface area contributed by atoms with Crippen LogP contribution in [0.5, 0.6) is 0 Å². The zero-order valence-corrected chi connectivity index (χ0v) is 18.5. The third-order valence-corrected chi connectivity index (χ3v) is 5.97. The van der Waals surface area contributed by atoms with Gasteiger partial charge in [0.15, 0.2) is 5.69 Å². The van der Waals surface area contributed by atoms with E-state index in [-0.39, 0.29) is 5.91 Å².